The van der Waals surface area contributed by atoms with Gasteiger partial charge in [0.25, 0.3) is 0 Å². The molecule has 0 amide bonds. The van der Waals surface area contributed by atoms with Gasteiger partial charge in [-0.05, 0) is 11.6 Å². The lowest BCUT2D eigenvalue weighted by atomic mass is 9.87. The van der Waals surface area contributed by atoms with Crippen LogP contribution in [0.5, 0.6) is 0 Å². The van der Waals surface area contributed by atoms with Gasteiger partial charge in [-0.2, -0.15) is 0 Å². The van der Waals surface area contributed by atoms with E-state index >= 15 is 0 Å². The molecule has 1 nitrogen and oxygen atoms in total. The van der Waals surface area contributed by atoms with Gasteiger partial charge in [0.2, 0.25) is 0 Å². The molecule has 0 atom stereocenters. The predicted molar refractivity (Wildman–Crippen MR) is 58.0 cm³/mol. The molecule has 3 heteroatoms. The van der Waals surface area contributed by atoms with Crippen molar-refractivity contribution in [3.63, 3.8) is 0 Å². The number of nitrogens with one attached hydrogen (secondary N) is 1. The molecular weight excluding hydrogens is 205 g/mol. The zero-order valence-electron chi connectivity index (χ0n) is 7.62. The van der Waals surface area contributed by atoms with Gasteiger partial charge < -0.3 is 5.32 Å². The summed E-state index contributed by atoms with van der Waals surface area (Å²) in [5.41, 5.74) is 2.41. The lowest BCUT2D eigenvalue weighted by Gasteiger charge is -2.16. The number of fused-ring (bicyclic) bond motifs is 1. The Morgan fingerprint density at radius 1 is 1.31 bits per heavy atom. The largest absolute Gasteiger partial charge is 0.383 e. The number of halogens is 2. The Hall–Kier alpha value is -0.400. The molecular formula is C10H11Cl2N. The first-order chi connectivity index (χ1) is 6.02. The molecule has 1 aliphatic heterocycles. The van der Waals surface area contributed by atoms with Crippen molar-refractivity contribution >= 4 is 28.9 Å². The molecule has 0 aliphatic carbocycles. The number of hydrogen-bond donors (Lipinski definition) is 1. The molecule has 1 N–H and O–H groups in total. The number of anilines is 1. The Morgan fingerprint density at radius 2 is 2.00 bits per heavy atom. The Bertz CT molecular complexity index is 358. The van der Waals surface area contributed by atoms with Gasteiger partial charge in [-0.15, -0.1) is 0 Å². The van der Waals surface area contributed by atoms with Crippen molar-refractivity contribution in [2.24, 2.45) is 0 Å². The maximum Gasteiger partial charge on any atom is 0.0826 e. The minimum Gasteiger partial charge on any atom is -0.383 e. The Kier molecular flexibility index (Phi) is 1.97. The molecule has 0 saturated heterocycles. The highest BCUT2D eigenvalue weighted by molar-refractivity contribution is 6.43. The smallest absolute Gasteiger partial charge is 0.0826 e. The number of benzene rings is 1. The summed E-state index contributed by atoms with van der Waals surface area (Å²) in [6, 6.07) is 3.90. The molecule has 1 aromatic rings. The van der Waals surface area contributed by atoms with Crippen molar-refractivity contribution in [2.45, 2.75) is 19.3 Å². The highest BCUT2D eigenvalue weighted by Crippen LogP contribution is 2.43. The second kappa shape index (κ2) is 2.79. The van der Waals surface area contributed by atoms with E-state index in [1.807, 2.05) is 12.1 Å². The second-order valence-electron chi connectivity index (χ2n) is 4.02. The molecule has 0 saturated carbocycles. The van der Waals surface area contributed by atoms with E-state index in [1.54, 1.807) is 0 Å². The fourth-order valence-corrected chi connectivity index (χ4v) is 2.08. The van der Waals surface area contributed by atoms with Crippen LogP contribution in [0.4, 0.5) is 5.69 Å². The molecule has 0 unspecified atom stereocenters. The van der Waals surface area contributed by atoms with Gasteiger partial charge in [0.15, 0.2) is 0 Å². The van der Waals surface area contributed by atoms with E-state index in [1.165, 1.54) is 5.56 Å². The van der Waals surface area contributed by atoms with Crippen LogP contribution in [0.1, 0.15) is 19.4 Å². The van der Waals surface area contributed by atoms with Crippen LogP contribution in [-0.4, -0.2) is 6.54 Å². The molecule has 0 fully saturated rings. The summed E-state index contributed by atoms with van der Waals surface area (Å²) in [6.07, 6.45) is 0. The molecule has 0 radical (unpaired) electrons. The summed E-state index contributed by atoms with van der Waals surface area (Å²) >= 11 is 12.0. The average Bonchev–Trinajstić information content (AvgIpc) is 2.35. The molecule has 1 heterocycles. The van der Waals surface area contributed by atoms with Crippen LogP contribution in [0.2, 0.25) is 10.0 Å². The summed E-state index contributed by atoms with van der Waals surface area (Å²) in [5.74, 6) is 0. The lowest BCUT2D eigenvalue weighted by Crippen LogP contribution is -2.18. The van der Waals surface area contributed by atoms with Gasteiger partial charge >= 0.3 is 0 Å². The van der Waals surface area contributed by atoms with Gasteiger partial charge in [-0.3, -0.25) is 0 Å². The SMILES string of the molecule is CC1(C)CNc2c1ccc(Cl)c2Cl. The first-order valence-electron chi connectivity index (χ1n) is 4.25. The van der Waals surface area contributed by atoms with Crippen molar-refractivity contribution in [2.75, 3.05) is 11.9 Å². The monoisotopic (exact) mass is 215 g/mol. The molecule has 0 aromatic heterocycles. The highest BCUT2D eigenvalue weighted by Gasteiger charge is 2.31. The molecule has 0 bridgehead atoms. The molecule has 0 spiro atoms. The van der Waals surface area contributed by atoms with Crippen LogP contribution >= 0.6 is 23.2 Å². The highest BCUT2D eigenvalue weighted by atomic mass is 35.5. The van der Waals surface area contributed by atoms with Gasteiger partial charge in [0.05, 0.1) is 15.7 Å². The molecule has 70 valence electrons. The van der Waals surface area contributed by atoms with Gasteiger partial charge in [-0.1, -0.05) is 43.1 Å². The summed E-state index contributed by atoms with van der Waals surface area (Å²) in [5, 5.41) is 4.54. The van der Waals surface area contributed by atoms with E-state index in [2.05, 4.69) is 19.2 Å². The van der Waals surface area contributed by atoms with E-state index in [4.69, 9.17) is 23.2 Å². The fraction of sp³-hybridized carbons (Fsp3) is 0.400. The predicted octanol–water partition coefficient (Wildman–Crippen LogP) is 3.70. The summed E-state index contributed by atoms with van der Waals surface area (Å²) in [7, 11) is 0. The quantitative estimate of drug-likeness (QED) is 0.697. The maximum absolute atomic E-state index is 6.07. The third kappa shape index (κ3) is 1.31. The van der Waals surface area contributed by atoms with Crippen molar-refractivity contribution in [1.82, 2.24) is 0 Å². The third-order valence-corrected chi connectivity index (χ3v) is 3.34. The van der Waals surface area contributed by atoms with Crippen molar-refractivity contribution in [1.29, 1.82) is 0 Å². The van der Waals surface area contributed by atoms with E-state index in [0.717, 1.165) is 12.2 Å². The van der Waals surface area contributed by atoms with Gasteiger partial charge in [0, 0.05) is 12.0 Å². The lowest BCUT2D eigenvalue weighted by molar-refractivity contribution is 0.586. The minimum absolute atomic E-state index is 0.156. The van der Waals surface area contributed by atoms with Gasteiger partial charge in [0.1, 0.15) is 0 Å². The van der Waals surface area contributed by atoms with E-state index < -0.39 is 0 Å². The van der Waals surface area contributed by atoms with Crippen LogP contribution in [0, 0.1) is 0 Å². The van der Waals surface area contributed by atoms with Crippen LogP contribution in [-0.2, 0) is 5.41 Å². The third-order valence-electron chi connectivity index (χ3n) is 2.53. The zero-order chi connectivity index (χ0) is 9.64. The van der Waals surface area contributed by atoms with E-state index in [0.29, 0.717) is 10.0 Å². The summed E-state index contributed by atoms with van der Waals surface area (Å²) in [4.78, 5) is 0. The van der Waals surface area contributed by atoms with Crippen molar-refractivity contribution in [3.05, 3.63) is 27.7 Å². The van der Waals surface area contributed by atoms with E-state index in [-0.39, 0.29) is 5.41 Å². The van der Waals surface area contributed by atoms with E-state index in [9.17, 15) is 0 Å². The molecule has 1 aliphatic rings. The number of rotatable bonds is 0. The summed E-state index contributed by atoms with van der Waals surface area (Å²) in [6.45, 7) is 5.30. The van der Waals surface area contributed by atoms with Crippen LogP contribution in [0.15, 0.2) is 12.1 Å². The molecule has 1 aromatic carbocycles. The Morgan fingerprint density at radius 3 is 2.69 bits per heavy atom. The first-order valence-corrected chi connectivity index (χ1v) is 5.00. The van der Waals surface area contributed by atoms with Gasteiger partial charge in [-0.25, -0.2) is 0 Å². The average molecular weight is 216 g/mol. The Balaban J connectivity index is 2.64. The zero-order valence-corrected chi connectivity index (χ0v) is 9.13. The normalized spacial score (nSPS) is 18.2. The van der Waals surface area contributed by atoms with Crippen LogP contribution in [0.3, 0.4) is 0 Å². The molecule has 13 heavy (non-hydrogen) atoms. The number of hydrogen-bond acceptors (Lipinski definition) is 1. The second-order valence-corrected chi connectivity index (χ2v) is 4.81. The fourth-order valence-electron chi connectivity index (χ4n) is 1.69. The Labute approximate surface area is 88.0 Å². The maximum atomic E-state index is 6.07. The first kappa shape index (κ1) is 9.17. The van der Waals surface area contributed by atoms with Crippen molar-refractivity contribution in [3.8, 4) is 0 Å². The van der Waals surface area contributed by atoms with Crippen LogP contribution in [0.25, 0.3) is 0 Å². The standard InChI is InChI=1S/C10H11Cl2N/c1-10(2)5-13-9-6(10)3-4-7(11)8(9)12/h3-4,13H,5H2,1-2H3. The summed E-state index contributed by atoms with van der Waals surface area (Å²) < 4.78 is 0. The molecule has 2 rings (SSSR count). The minimum atomic E-state index is 0.156. The van der Waals surface area contributed by atoms with Crippen molar-refractivity contribution < 1.29 is 0 Å². The van der Waals surface area contributed by atoms with Crippen LogP contribution < -0.4 is 5.32 Å². The topological polar surface area (TPSA) is 12.0 Å².